The molecular formula is C16H28IN7. The molecule has 3 heterocycles. The topological polar surface area (TPSA) is 61.6 Å². The van der Waals surface area contributed by atoms with Gasteiger partial charge >= 0.3 is 0 Å². The first-order valence-corrected chi connectivity index (χ1v) is 8.53. The third kappa shape index (κ3) is 4.47. The molecule has 8 heteroatoms. The molecule has 1 unspecified atom stereocenters. The maximum absolute atomic E-state index is 4.45. The smallest absolute Gasteiger partial charge is 0.193 e. The van der Waals surface area contributed by atoms with E-state index in [2.05, 4.69) is 53.9 Å². The van der Waals surface area contributed by atoms with Crippen LogP contribution in [0.4, 0.5) is 0 Å². The second kappa shape index (κ2) is 9.36. The number of nitrogens with one attached hydrogen (secondary N) is 1. The number of hydrogen-bond acceptors (Lipinski definition) is 4. The van der Waals surface area contributed by atoms with Crippen molar-refractivity contribution in [3.8, 4) is 0 Å². The van der Waals surface area contributed by atoms with Crippen molar-refractivity contribution in [3.05, 3.63) is 24.3 Å². The lowest BCUT2D eigenvalue weighted by atomic mass is 10.2. The Morgan fingerprint density at radius 1 is 1.38 bits per heavy atom. The summed E-state index contributed by atoms with van der Waals surface area (Å²) in [6.07, 6.45) is 8.45. The highest BCUT2D eigenvalue weighted by Crippen LogP contribution is 2.17. The lowest BCUT2D eigenvalue weighted by Crippen LogP contribution is -2.43. The first kappa shape index (κ1) is 19.2. The van der Waals surface area contributed by atoms with Gasteiger partial charge in [-0.15, -0.1) is 34.2 Å². The molecule has 1 atom stereocenters. The number of likely N-dealkylation sites (tertiary alicyclic amines) is 1. The quantitative estimate of drug-likeness (QED) is 0.317. The fraction of sp³-hybridized carbons (Fsp3) is 0.688. The third-order valence-electron chi connectivity index (χ3n) is 4.69. The van der Waals surface area contributed by atoms with Gasteiger partial charge in [0.05, 0.1) is 0 Å². The minimum absolute atomic E-state index is 0. The summed E-state index contributed by atoms with van der Waals surface area (Å²) in [7, 11) is 1.86. The molecule has 24 heavy (non-hydrogen) atoms. The monoisotopic (exact) mass is 445 g/mol. The van der Waals surface area contributed by atoms with Gasteiger partial charge in [0, 0.05) is 58.8 Å². The second-order valence-electron chi connectivity index (χ2n) is 6.08. The molecule has 2 aliphatic rings. The Balaban J connectivity index is 0.00000208. The number of hydrogen-bond donors (Lipinski definition) is 1. The Labute approximate surface area is 161 Å². The van der Waals surface area contributed by atoms with Gasteiger partial charge in [-0.05, 0) is 6.42 Å². The van der Waals surface area contributed by atoms with Gasteiger partial charge in [0.1, 0.15) is 12.2 Å². The molecule has 7 nitrogen and oxygen atoms in total. The summed E-state index contributed by atoms with van der Waals surface area (Å²) in [5.74, 6) is 2.04. The van der Waals surface area contributed by atoms with Gasteiger partial charge in [-0.25, -0.2) is 0 Å². The minimum atomic E-state index is 0. The van der Waals surface area contributed by atoms with Crippen LogP contribution in [-0.4, -0.2) is 76.3 Å². The highest BCUT2D eigenvalue weighted by Gasteiger charge is 2.29. The zero-order valence-corrected chi connectivity index (χ0v) is 16.9. The average molecular weight is 445 g/mol. The van der Waals surface area contributed by atoms with Crippen LogP contribution in [0.2, 0.25) is 0 Å². The minimum Gasteiger partial charge on any atom is -0.354 e. The molecule has 1 aromatic heterocycles. The van der Waals surface area contributed by atoms with E-state index in [9.17, 15) is 0 Å². The lowest BCUT2D eigenvalue weighted by Gasteiger charge is -2.25. The van der Waals surface area contributed by atoms with Gasteiger partial charge in [-0.1, -0.05) is 19.1 Å². The summed E-state index contributed by atoms with van der Waals surface area (Å²) < 4.78 is 2.10. The van der Waals surface area contributed by atoms with Crippen LogP contribution in [0.3, 0.4) is 0 Å². The normalized spacial score (nSPS) is 21.3. The molecule has 0 spiro atoms. The van der Waals surface area contributed by atoms with Crippen LogP contribution in [0.1, 0.15) is 19.2 Å². The maximum atomic E-state index is 4.45. The first-order chi connectivity index (χ1) is 11.3. The van der Waals surface area contributed by atoms with Crippen molar-refractivity contribution in [2.24, 2.45) is 4.99 Å². The molecule has 1 N–H and O–H groups in total. The molecule has 2 aliphatic heterocycles. The van der Waals surface area contributed by atoms with Crippen LogP contribution in [0.25, 0.3) is 0 Å². The Hall–Kier alpha value is -1.16. The Morgan fingerprint density at radius 2 is 2.17 bits per heavy atom. The van der Waals surface area contributed by atoms with Crippen LogP contribution in [0.15, 0.2) is 23.5 Å². The van der Waals surface area contributed by atoms with E-state index in [4.69, 9.17) is 0 Å². The van der Waals surface area contributed by atoms with Crippen LogP contribution < -0.4 is 5.32 Å². The van der Waals surface area contributed by atoms with E-state index < -0.39 is 0 Å². The predicted molar refractivity (Wildman–Crippen MR) is 107 cm³/mol. The highest BCUT2D eigenvalue weighted by molar-refractivity contribution is 14.0. The molecule has 1 saturated heterocycles. The molecule has 0 amide bonds. The molecule has 0 aromatic carbocycles. The largest absolute Gasteiger partial charge is 0.354 e. The van der Waals surface area contributed by atoms with Crippen LogP contribution in [0, 0.1) is 0 Å². The van der Waals surface area contributed by atoms with Crippen LogP contribution in [-0.2, 0) is 13.0 Å². The summed E-state index contributed by atoms with van der Waals surface area (Å²) in [4.78, 5) is 9.36. The fourth-order valence-electron chi connectivity index (χ4n) is 3.38. The van der Waals surface area contributed by atoms with Crippen molar-refractivity contribution in [2.45, 2.75) is 32.4 Å². The number of nitrogens with zero attached hydrogens (tertiary/aromatic N) is 6. The molecule has 0 aliphatic carbocycles. The van der Waals surface area contributed by atoms with E-state index >= 15 is 0 Å². The molecule has 0 saturated carbocycles. The molecule has 1 fully saturated rings. The van der Waals surface area contributed by atoms with E-state index in [0.29, 0.717) is 6.04 Å². The zero-order chi connectivity index (χ0) is 16.1. The van der Waals surface area contributed by atoms with E-state index in [1.807, 2.05) is 7.05 Å². The van der Waals surface area contributed by atoms with Crippen LogP contribution >= 0.6 is 24.0 Å². The van der Waals surface area contributed by atoms with Gasteiger partial charge in [0.15, 0.2) is 5.96 Å². The first-order valence-electron chi connectivity index (χ1n) is 8.53. The van der Waals surface area contributed by atoms with Crippen molar-refractivity contribution >= 4 is 29.9 Å². The lowest BCUT2D eigenvalue weighted by molar-refractivity contribution is 0.259. The zero-order valence-electron chi connectivity index (χ0n) is 14.6. The average Bonchev–Trinajstić information content (AvgIpc) is 3.32. The molecular weight excluding hydrogens is 417 g/mol. The molecule has 0 radical (unpaired) electrons. The van der Waals surface area contributed by atoms with E-state index in [0.717, 1.165) is 57.5 Å². The number of guanidine groups is 1. The Morgan fingerprint density at radius 3 is 2.88 bits per heavy atom. The number of aliphatic imine (C=N–C) groups is 1. The van der Waals surface area contributed by atoms with Gasteiger partial charge in [0.2, 0.25) is 0 Å². The summed E-state index contributed by atoms with van der Waals surface area (Å²) >= 11 is 0. The van der Waals surface area contributed by atoms with Gasteiger partial charge in [-0.3, -0.25) is 9.89 Å². The SMILES string of the molecule is CCc1nncn1CCNC(=NC)N1CCC(N2CC=CC2)C1.I. The standard InChI is InChI=1S/C16H27N7.HI/c1-3-15-20-19-13-23(15)11-7-18-16(17-2)22-10-6-14(12-22)21-8-4-5-9-21;/h4-5,13-14H,3,6-12H2,1-2H3,(H,17,18);1H. The van der Waals surface area contributed by atoms with Gasteiger partial charge in [-0.2, -0.15) is 0 Å². The summed E-state index contributed by atoms with van der Waals surface area (Å²) in [5, 5.41) is 11.6. The van der Waals surface area contributed by atoms with Crippen molar-refractivity contribution in [2.75, 3.05) is 39.8 Å². The number of aromatic nitrogens is 3. The van der Waals surface area contributed by atoms with E-state index in [1.54, 1.807) is 6.33 Å². The Bertz CT molecular complexity index is 561. The summed E-state index contributed by atoms with van der Waals surface area (Å²) in [6, 6.07) is 0.646. The second-order valence-corrected chi connectivity index (χ2v) is 6.08. The molecule has 0 bridgehead atoms. The van der Waals surface area contributed by atoms with Crippen molar-refractivity contribution < 1.29 is 0 Å². The number of halogens is 1. The van der Waals surface area contributed by atoms with Crippen molar-refractivity contribution in [1.29, 1.82) is 0 Å². The highest BCUT2D eigenvalue weighted by atomic mass is 127. The maximum Gasteiger partial charge on any atom is 0.193 e. The van der Waals surface area contributed by atoms with Gasteiger partial charge in [0.25, 0.3) is 0 Å². The fourth-order valence-corrected chi connectivity index (χ4v) is 3.38. The summed E-state index contributed by atoms with van der Waals surface area (Å²) in [6.45, 7) is 8.13. The van der Waals surface area contributed by atoms with Crippen molar-refractivity contribution in [1.82, 2.24) is 29.9 Å². The summed E-state index contributed by atoms with van der Waals surface area (Å²) in [5.41, 5.74) is 0. The number of aryl methyl sites for hydroxylation is 1. The van der Waals surface area contributed by atoms with E-state index in [-0.39, 0.29) is 24.0 Å². The molecule has 3 rings (SSSR count). The van der Waals surface area contributed by atoms with E-state index in [1.165, 1.54) is 6.42 Å². The molecule has 1 aromatic rings. The van der Waals surface area contributed by atoms with Gasteiger partial charge < -0.3 is 14.8 Å². The number of rotatable bonds is 5. The third-order valence-corrected chi connectivity index (χ3v) is 4.69. The Kier molecular flexibility index (Phi) is 7.47. The van der Waals surface area contributed by atoms with Crippen LogP contribution in [0.5, 0.6) is 0 Å². The predicted octanol–water partition coefficient (Wildman–Crippen LogP) is 0.980. The molecule has 134 valence electrons. The van der Waals surface area contributed by atoms with Crippen molar-refractivity contribution in [3.63, 3.8) is 0 Å².